The van der Waals surface area contributed by atoms with Crippen molar-refractivity contribution in [3.63, 3.8) is 0 Å². The average Bonchev–Trinajstić information content (AvgIpc) is 3.02. The van der Waals surface area contributed by atoms with Crippen molar-refractivity contribution in [3.8, 4) is 5.75 Å². The van der Waals surface area contributed by atoms with E-state index in [0.717, 1.165) is 21.6 Å². The third kappa shape index (κ3) is 2.50. The van der Waals surface area contributed by atoms with Crippen LogP contribution < -0.4 is 10.1 Å². The van der Waals surface area contributed by atoms with E-state index < -0.39 is 0 Å². The fraction of sp³-hybridized carbons (Fsp3) is 0.200. The highest BCUT2D eigenvalue weighted by Crippen LogP contribution is 2.29. The van der Waals surface area contributed by atoms with Gasteiger partial charge in [0.2, 0.25) is 0 Å². The number of thiazole rings is 1. The monoisotopic (exact) mass is 302 g/mol. The molecule has 0 radical (unpaired) electrons. The second-order valence-corrected chi connectivity index (χ2v) is 5.88. The van der Waals surface area contributed by atoms with E-state index in [4.69, 9.17) is 9.15 Å². The zero-order chi connectivity index (χ0) is 15.0. The highest BCUT2D eigenvalue weighted by Gasteiger charge is 2.19. The van der Waals surface area contributed by atoms with Crippen LogP contribution in [0.15, 0.2) is 28.8 Å². The van der Waals surface area contributed by atoms with Gasteiger partial charge in [-0.1, -0.05) is 0 Å². The predicted molar refractivity (Wildman–Crippen MR) is 82.3 cm³/mol. The molecule has 0 saturated carbocycles. The van der Waals surface area contributed by atoms with Crippen molar-refractivity contribution in [1.82, 2.24) is 4.98 Å². The largest absolute Gasteiger partial charge is 0.497 e. The van der Waals surface area contributed by atoms with Crippen molar-refractivity contribution in [3.05, 3.63) is 40.6 Å². The van der Waals surface area contributed by atoms with Crippen LogP contribution in [0.2, 0.25) is 0 Å². The van der Waals surface area contributed by atoms with Crippen LogP contribution in [0.3, 0.4) is 0 Å². The Kier molecular flexibility index (Phi) is 3.39. The zero-order valence-electron chi connectivity index (χ0n) is 11.9. The lowest BCUT2D eigenvalue weighted by atomic mass is 10.1. The summed E-state index contributed by atoms with van der Waals surface area (Å²) in [6.07, 6.45) is 1.72. The first kappa shape index (κ1) is 13.6. The maximum Gasteiger partial charge on any atom is 0.293 e. The Labute approximate surface area is 125 Å². The summed E-state index contributed by atoms with van der Waals surface area (Å²) in [6.45, 7) is 3.79. The first-order valence-corrected chi connectivity index (χ1v) is 7.21. The van der Waals surface area contributed by atoms with E-state index in [1.165, 1.54) is 11.3 Å². The summed E-state index contributed by atoms with van der Waals surface area (Å²) in [5, 5.41) is 4.19. The Hall–Kier alpha value is -2.34. The highest BCUT2D eigenvalue weighted by atomic mass is 32.1. The van der Waals surface area contributed by atoms with Crippen molar-refractivity contribution in [2.75, 3.05) is 12.4 Å². The molecule has 0 fully saturated rings. The van der Waals surface area contributed by atoms with Crippen molar-refractivity contribution >= 4 is 33.3 Å². The molecule has 0 aliphatic rings. The molecule has 2 heterocycles. The zero-order valence-corrected chi connectivity index (χ0v) is 12.7. The first-order chi connectivity index (χ1) is 10.1. The van der Waals surface area contributed by atoms with Crippen LogP contribution in [0.5, 0.6) is 5.75 Å². The minimum atomic E-state index is -0.294. The SMILES string of the molecule is COc1ccc2oc(C(=O)Nc3ncc(C)s3)c(C)c2c1. The molecule has 0 saturated heterocycles. The minimum absolute atomic E-state index is 0.294. The molecule has 0 spiro atoms. The summed E-state index contributed by atoms with van der Waals surface area (Å²) in [6, 6.07) is 5.46. The second-order valence-electron chi connectivity index (χ2n) is 4.65. The molecule has 108 valence electrons. The lowest BCUT2D eigenvalue weighted by Gasteiger charge is -1.99. The van der Waals surface area contributed by atoms with Gasteiger partial charge in [-0.3, -0.25) is 10.1 Å². The van der Waals surface area contributed by atoms with E-state index in [-0.39, 0.29) is 5.91 Å². The number of ether oxygens (including phenoxy) is 1. The van der Waals surface area contributed by atoms with Crippen molar-refractivity contribution in [2.45, 2.75) is 13.8 Å². The summed E-state index contributed by atoms with van der Waals surface area (Å²) >= 11 is 1.42. The van der Waals surface area contributed by atoms with E-state index in [1.807, 2.05) is 19.9 Å². The van der Waals surface area contributed by atoms with E-state index in [2.05, 4.69) is 10.3 Å². The minimum Gasteiger partial charge on any atom is -0.497 e. The number of carbonyl (C=O) groups is 1. The molecule has 1 aromatic carbocycles. The van der Waals surface area contributed by atoms with Crippen molar-refractivity contribution < 1.29 is 13.9 Å². The molecule has 0 unspecified atom stereocenters. The van der Waals surface area contributed by atoms with Crippen LogP contribution in [0.25, 0.3) is 11.0 Å². The van der Waals surface area contributed by atoms with Gasteiger partial charge in [-0.05, 0) is 32.0 Å². The Morgan fingerprint density at radius 2 is 2.19 bits per heavy atom. The third-order valence-electron chi connectivity index (χ3n) is 3.19. The van der Waals surface area contributed by atoms with E-state index >= 15 is 0 Å². The lowest BCUT2D eigenvalue weighted by Crippen LogP contribution is -2.11. The molecule has 1 N–H and O–H groups in total. The summed E-state index contributed by atoms with van der Waals surface area (Å²) < 4.78 is 10.8. The van der Waals surface area contributed by atoms with Crippen LogP contribution in [-0.4, -0.2) is 18.0 Å². The molecule has 0 atom stereocenters. The Balaban J connectivity index is 1.96. The van der Waals surface area contributed by atoms with Gasteiger partial charge in [0.1, 0.15) is 11.3 Å². The van der Waals surface area contributed by atoms with Crippen LogP contribution >= 0.6 is 11.3 Å². The molecule has 21 heavy (non-hydrogen) atoms. The molecule has 3 rings (SSSR count). The molecule has 0 bridgehead atoms. The number of nitrogens with zero attached hydrogens (tertiary/aromatic N) is 1. The maximum atomic E-state index is 12.3. The van der Waals surface area contributed by atoms with E-state index in [9.17, 15) is 4.79 Å². The van der Waals surface area contributed by atoms with E-state index in [0.29, 0.717) is 16.5 Å². The van der Waals surface area contributed by atoms with Crippen LogP contribution in [-0.2, 0) is 0 Å². The predicted octanol–water partition coefficient (Wildman–Crippen LogP) is 3.77. The number of aromatic nitrogens is 1. The average molecular weight is 302 g/mol. The summed E-state index contributed by atoms with van der Waals surface area (Å²) in [5.74, 6) is 0.733. The van der Waals surface area contributed by atoms with Gasteiger partial charge in [-0.2, -0.15) is 0 Å². The highest BCUT2D eigenvalue weighted by molar-refractivity contribution is 7.15. The van der Waals surface area contributed by atoms with Gasteiger partial charge >= 0.3 is 0 Å². The smallest absolute Gasteiger partial charge is 0.293 e. The Bertz CT molecular complexity index is 820. The quantitative estimate of drug-likeness (QED) is 0.800. The first-order valence-electron chi connectivity index (χ1n) is 6.39. The number of furan rings is 1. The summed E-state index contributed by atoms with van der Waals surface area (Å²) in [5.41, 5.74) is 1.45. The van der Waals surface area contributed by atoms with Crippen molar-refractivity contribution in [2.24, 2.45) is 0 Å². The molecule has 0 aliphatic heterocycles. The number of carbonyl (C=O) groups excluding carboxylic acids is 1. The number of methoxy groups -OCH3 is 1. The molecule has 5 nitrogen and oxygen atoms in total. The van der Waals surface area contributed by atoms with Gasteiger partial charge in [-0.15, -0.1) is 11.3 Å². The number of benzene rings is 1. The van der Waals surface area contributed by atoms with Gasteiger partial charge in [-0.25, -0.2) is 4.98 Å². The third-order valence-corrected chi connectivity index (χ3v) is 4.02. The van der Waals surface area contributed by atoms with E-state index in [1.54, 1.807) is 25.4 Å². The second kappa shape index (κ2) is 5.21. The topological polar surface area (TPSA) is 64.4 Å². The summed E-state index contributed by atoms with van der Waals surface area (Å²) in [7, 11) is 1.61. The number of fused-ring (bicyclic) bond motifs is 1. The number of aryl methyl sites for hydroxylation is 2. The van der Waals surface area contributed by atoms with Crippen LogP contribution in [0.4, 0.5) is 5.13 Å². The fourth-order valence-electron chi connectivity index (χ4n) is 2.11. The molecular formula is C15H14N2O3S. The van der Waals surface area contributed by atoms with Gasteiger partial charge in [0.25, 0.3) is 5.91 Å². The number of hydrogen-bond donors (Lipinski definition) is 1. The molecule has 2 aromatic heterocycles. The fourth-order valence-corrected chi connectivity index (χ4v) is 2.77. The number of hydrogen-bond acceptors (Lipinski definition) is 5. The maximum absolute atomic E-state index is 12.3. The van der Waals surface area contributed by atoms with Crippen LogP contribution in [0.1, 0.15) is 21.0 Å². The van der Waals surface area contributed by atoms with Gasteiger partial charge in [0.15, 0.2) is 10.9 Å². The van der Waals surface area contributed by atoms with Crippen LogP contribution in [0, 0.1) is 13.8 Å². The molecule has 6 heteroatoms. The van der Waals surface area contributed by atoms with Gasteiger partial charge < -0.3 is 9.15 Å². The molecule has 1 amide bonds. The standard InChI is InChI=1S/C15H14N2O3S/c1-8-7-16-15(21-8)17-14(18)13-9(2)11-6-10(19-3)4-5-12(11)20-13/h4-7H,1-3H3,(H,16,17,18). The summed E-state index contributed by atoms with van der Waals surface area (Å²) in [4.78, 5) is 17.5. The van der Waals surface area contributed by atoms with Gasteiger partial charge in [0.05, 0.1) is 7.11 Å². The van der Waals surface area contributed by atoms with Gasteiger partial charge in [0, 0.05) is 22.0 Å². The number of anilines is 1. The lowest BCUT2D eigenvalue weighted by molar-refractivity contribution is 0.0998. The Morgan fingerprint density at radius 1 is 1.38 bits per heavy atom. The Morgan fingerprint density at radius 3 is 2.86 bits per heavy atom. The number of rotatable bonds is 3. The van der Waals surface area contributed by atoms with Crippen molar-refractivity contribution in [1.29, 1.82) is 0 Å². The molecule has 0 aliphatic carbocycles. The number of nitrogens with one attached hydrogen (secondary N) is 1. The number of amides is 1. The normalized spacial score (nSPS) is 10.8. The molecule has 3 aromatic rings. The molecular weight excluding hydrogens is 288 g/mol.